The number of cyclic esters (lactones) is 2. The molecule has 0 aliphatic carbocycles. The van der Waals surface area contributed by atoms with Crippen LogP contribution in [-0.4, -0.2) is 51.5 Å². The number of fused-ring (bicyclic) bond motifs is 1. The number of amides is 1. The molecule has 0 radical (unpaired) electrons. The van der Waals surface area contributed by atoms with Crippen LogP contribution < -0.4 is 0 Å². The molecule has 3 aliphatic heterocycles. The summed E-state index contributed by atoms with van der Waals surface area (Å²) in [5.41, 5.74) is -1.14. The predicted molar refractivity (Wildman–Crippen MR) is 67.9 cm³/mol. The number of allylic oxidation sites excluding steroid dienone is 1. The summed E-state index contributed by atoms with van der Waals surface area (Å²) in [6.07, 6.45) is -0.814. The number of nitrogens with zero attached hydrogens (tertiary/aromatic N) is 1. The number of alkyl halides is 1. The fraction of sp³-hybridized carbons (Fsp3) is 0.545. The van der Waals surface area contributed by atoms with Gasteiger partial charge in [0.15, 0.2) is 5.60 Å². The number of halogens is 1. The van der Waals surface area contributed by atoms with Crippen LogP contribution in [0.25, 0.3) is 0 Å². The lowest BCUT2D eigenvalue weighted by Gasteiger charge is -2.47. The highest BCUT2D eigenvalue weighted by atomic mass is 35.5. The number of carboxylic acids is 1. The number of ether oxygens (including phenoxy) is 2. The van der Waals surface area contributed by atoms with Crippen LogP contribution in [0.4, 0.5) is 4.79 Å². The quantitative estimate of drug-likeness (QED) is 0.471. The van der Waals surface area contributed by atoms with Crippen molar-refractivity contribution in [2.24, 2.45) is 5.92 Å². The molecule has 2 fully saturated rings. The summed E-state index contributed by atoms with van der Waals surface area (Å²) in [6.45, 7) is 1.59. The number of thioether (sulfide) groups is 1. The number of rotatable bonds is 3. The fourth-order valence-corrected chi connectivity index (χ4v) is 4.47. The maximum atomic E-state index is 12.2. The molecule has 9 heteroatoms. The summed E-state index contributed by atoms with van der Waals surface area (Å²) in [6, 6.07) is 0. The van der Waals surface area contributed by atoms with Gasteiger partial charge in [-0.25, -0.2) is 9.59 Å². The van der Waals surface area contributed by atoms with Crippen molar-refractivity contribution in [3.8, 4) is 0 Å². The van der Waals surface area contributed by atoms with Gasteiger partial charge < -0.3 is 14.6 Å². The van der Waals surface area contributed by atoms with E-state index in [0.717, 1.165) is 0 Å². The van der Waals surface area contributed by atoms with Crippen LogP contribution in [0.15, 0.2) is 10.6 Å². The van der Waals surface area contributed by atoms with Crippen LogP contribution >= 0.6 is 23.4 Å². The summed E-state index contributed by atoms with van der Waals surface area (Å²) in [5.74, 6) is -2.19. The second kappa shape index (κ2) is 4.29. The van der Waals surface area contributed by atoms with Gasteiger partial charge in [-0.15, -0.1) is 23.4 Å². The second-order valence-electron chi connectivity index (χ2n) is 4.86. The van der Waals surface area contributed by atoms with Crippen molar-refractivity contribution < 1.29 is 29.0 Å². The molecular formula is C11H10ClNO6S. The second-order valence-corrected chi connectivity index (χ2v) is 6.34. The number of carboxylic acid groups (broad SMARTS) is 1. The van der Waals surface area contributed by atoms with Gasteiger partial charge in [-0.3, -0.25) is 9.69 Å². The number of hydrogen-bond acceptors (Lipinski definition) is 6. The van der Waals surface area contributed by atoms with E-state index in [1.807, 2.05) is 0 Å². The Labute approximate surface area is 122 Å². The molecule has 0 saturated carbocycles. The van der Waals surface area contributed by atoms with Crippen LogP contribution in [0.2, 0.25) is 0 Å². The molecular weight excluding hydrogens is 310 g/mol. The van der Waals surface area contributed by atoms with Crippen LogP contribution in [0, 0.1) is 5.92 Å². The molecule has 0 aromatic rings. The van der Waals surface area contributed by atoms with Crippen molar-refractivity contribution in [3.05, 3.63) is 10.6 Å². The molecule has 20 heavy (non-hydrogen) atoms. The standard InChI is InChI=1S/C11H10ClNO6S/c1-11(3-18-10(17)19-11)5-7(14)13-6(9(15)16)4(2-12)20-8(5)13/h5,8H,2-3H2,1H3,(H,15,16)/t5?,8-,11?/m0/s1. The van der Waals surface area contributed by atoms with Crippen LogP contribution in [0.5, 0.6) is 0 Å². The highest BCUT2D eigenvalue weighted by Gasteiger charge is 2.65. The third kappa shape index (κ3) is 1.64. The van der Waals surface area contributed by atoms with Crippen LogP contribution in [0.1, 0.15) is 6.92 Å². The molecule has 2 unspecified atom stereocenters. The van der Waals surface area contributed by atoms with Gasteiger partial charge >= 0.3 is 12.1 Å². The Morgan fingerprint density at radius 1 is 1.60 bits per heavy atom. The SMILES string of the molecule is CC1(C2C(=O)N3C(C(=O)O)=C(CCl)S[C@@H]23)COC(=O)O1. The van der Waals surface area contributed by atoms with Crippen molar-refractivity contribution in [1.82, 2.24) is 4.90 Å². The largest absolute Gasteiger partial charge is 0.509 e. The lowest BCUT2D eigenvalue weighted by molar-refractivity contribution is -0.162. The van der Waals surface area contributed by atoms with Crippen molar-refractivity contribution in [1.29, 1.82) is 0 Å². The normalized spacial score (nSPS) is 35.6. The number of carbonyl (C=O) groups is 3. The molecule has 108 valence electrons. The molecule has 1 N–H and O–H groups in total. The van der Waals surface area contributed by atoms with Gasteiger partial charge in [-0.05, 0) is 6.92 Å². The third-order valence-corrected chi connectivity index (χ3v) is 5.36. The first kappa shape index (κ1) is 13.6. The molecule has 3 rings (SSSR count). The Morgan fingerprint density at radius 2 is 2.30 bits per heavy atom. The van der Waals surface area contributed by atoms with E-state index in [1.54, 1.807) is 6.92 Å². The highest BCUT2D eigenvalue weighted by molar-refractivity contribution is 8.04. The molecule has 1 amide bonds. The summed E-state index contributed by atoms with van der Waals surface area (Å²) >= 11 is 6.95. The summed E-state index contributed by atoms with van der Waals surface area (Å²) in [4.78, 5) is 36.2. The minimum Gasteiger partial charge on any atom is -0.477 e. The van der Waals surface area contributed by atoms with E-state index in [2.05, 4.69) is 0 Å². The Hall–Kier alpha value is -1.41. The molecule has 0 spiro atoms. The van der Waals surface area contributed by atoms with Gasteiger partial charge in [0.05, 0.1) is 5.88 Å². The van der Waals surface area contributed by atoms with E-state index in [-0.39, 0.29) is 24.1 Å². The van der Waals surface area contributed by atoms with Gasteiger partial charge in [-0.1, -0.05) is 0 Å². The van der Waals surface area contributed by atoms with Crippen molar-refractivity contribution in [2.45, 2.75) is 17.9 Å². The topological polar surface area (TPSA) is 93.1 Å². The van der Waals surface area contributed by atoms with Gasteiger partial charge in [0.1, 0.15) is 23.6 Å². The maximum Gasteiger partial charge on any atom is 0.509 e. The van der Waals surface area contributed by atoms with Gasteiger partial charge in [-0.2, -0.15) is 0 Å². The Kier molecular flexibility index (Phi) is 2.91. The molecule has 3 atom stereocenters. The van der Waals surface area contributed by atoms with Crippen LogP contribution in [-0.2, 0) is 19.1 Å². The third-order valence-electron chi connectivity index (χ3n) is 3.59. The molecule has 0 aromatic heterocycles. The first-order valence-electron chi connectivity index (χ1n) is 5.77. The lowest BCUT2D eigenvalue weighted by atomic mass is 9.81. The summed E-state index contributed by atoms with van der Waals surface area (Å²) in [5, 5.41) is 8.76. The smallest absolute Gasteiger partial charge is 0.477 e. The first-order valence-corrected chi connectivity index (χ1v) is 7.18. The number of carbonyl (C=O) groups excluding carboxylic acids is 2. The Bertz CT molecular complexity index is 563. The minimum atomic E-state index is -1.19. The van der Waals surface area contributed by atoms with E-state index < -0.39 is 29.0 Å². The maximum absolute atomic E-state index is 12.2. The number of β-lactam (4-membered cyclic amide) rings is 1. The van der Waals surface area contributed by atoms with Gasteiger partial charge in [0.2, 0.25) is 5.91 Å². The van der Waals surface area contributed by atoms with E-state index in [9.17, 15) is 19.5 Å². The number of aliphatic carboxylic acids is 1. The Balaban J connectivity index is 1.88. The average Bonchev–Trinajstić information content (AvgIpc) is 2.87. The molecule has 0 bridgehead atoms. The van der Waals surface area contributed by atoms with Crippen molar-refractivity contribution >= 4 is 41.4 Å². The summed E-state index contributed by atoms with van der Waals surface area (Å²) < 4.78 is 9.83. The molecule has 0 aromatic carbocycles. The minimum absolute atomic E-state index is 0.0201. The van der Waals surface area contributed by atoms with Crippen molar-refractivity contribution in [2.75, 3.05) is 12.5 Å². The monoisotopic (exact) mass is 319 g/mol. The first-order chi connectivity index (χ1) is 9.39. The van der Waals surface area contributed by atoms with E-state index in [4.69, 9.17) is 21.1 Å². The van der Waals surface area contributed by atoms with Gasteiger partial charge in [0.25, 0.3) is 0 Å². The molecule has 3 aliphatic rings. The summed E-state index contributed by atoms with van der Waals surface area (Å²) in [7, 11) is 0. The van der Waals surface area contributed by atoms with Crippen molar-refractivity contribution in [3.63, 3.8) is 0 Å². The molecule has 2 saturated heterocycles. The fourth-order valence-electron chi connectivity index (χ4n) is 2.64. The zero-order valence-electron chi connectivity index (χ0n) is 10.3. The number of hydrogen-bond donors (Lipinski definition) is 1. The van der Waals surface area contributed by atoms with E-state index in [0.29, 0.717) is 4.91 Å². The lowest BCUT2D eigenvalue weighted by Crippen LogP contribution is -2.65. The highest BCUT2D eigenvalue weighted by Crippen LogP contribution is 2.54. The molecule has 3 heterocycles. The van der Waals surface area contributed by atoms with Gasteiger partial charge in [0, 0.05) is 4.91 Å². The van der Waals surface area contributed by atoms with E-state index >= 15 is 0 Å². The molecule has 7 nitrogen and oxygen atoms in total. The zero-order chi connectivity index (χ0) is 14.7. The average molecular weight is 320 g/mol. The zero-order valence-corrected chi connectivity index (χ0v) is 11.9. The predicted octanol–water partition coefficient (Wildman–Crippen LogP) is 0.978. The Morgan fingerprint density at radius 3 is 2.80 bits per heavy atom. The van der Waals surface area contributed by atoms with E-state index in [1.165, 1.54) is 16.7 Å². The van der Waals surface area contributed by atoms with Crippen LogP contribution in [0.3, 0.4) is 0 Å².